The Morgan fingerprint density at radius 3 is 2.63 bits per heavy atom. The molecular weight excluding hydrogens is 464 g/mol. The molecular formula is C28H33ClN2O4. The van der Waals surface area contributed by atoms with Gasteiger partial charge in [0.15, 0.2) is 0 Å². The summed E-state index contributed by atoms with van der Waals surface area (Å²) in [7, 11) is 1.59. The SMILES string of the molecule is COCCCN1C(=O)C[C@@](CC(=O)N2CCC[C@H](c3ccccc3C)C2)(c2ccccc2Cl)C1=O. The average molecular weight is 497 g/mol. The van der Waals surface area contributed by atoms with E-state index in [1.165, 1.54) is 16.0 Å². The second kappa shape index (κ2) is 10.9. The molecule has 35 heavy (non-hydrogen) atoms. The van der Waals surface area contributed by atoms with Crippen LogP contribution in [0.3, 0.4) is 0 Å². The van der Waals surface area contributed by atoms with E-state index in [0.717, 1.165) is 12.8 Å². The van der Waals surface area contributed by atoms with Crippen LogP contribution in [0.15, 0.2) is 48.5 Å². The first-order valence-electron chi connectivity index (χ1n) is 12.3. The molecule has 7 heteroatoms. The van der Waals surface area contributed by atoms with Crippen molar-refractivity contribution in [2.75, 3.05) is 33.4 Å². The molecule has 0 aromatic heterocycles. The van der Waals surface area contributed by atoms with Crippen LogP contribution in [0.1, 0.15) is 54.7 Å². The van der Waals surface area contributed by atoms with Gasteiger partial charge in [-0.3, -0.25) is 19.3 Å². The van der Waals surface area contributed by atoms with E-state index in [9.17, 15) is 14.4 Å². The summed E-state index contributed by atoms with van der Waals surface area (Å²) in [6.45, 7) is 4.08. The Morgan fingerprint density at radius 1 is 1.14 bits per heavy atom. The predicted molar refractivity (Wildman–Crippen MR) is 135 cm³/mol. The fourth-order valence-corrected chi connectivity index (χ4v) is 5.88. The summed E-state index contributed by atoms with van der Waals surface area (Å²) < 4.78 is 5.10. The second-order valence-corrected chi connectivity index (χ2v) is 10.1. The van der Waals surface area contributed by atoms with Crippen LogP contribution in [0, 0.1) is 6.92 Å². The van der Waals surface area contributed by atoms with Gasteiger partial charge in [0.2, 0.25) is 17.7 Å². The monoisotopic (exact) mass is 496 g/mol. The molecule has 2 saturated heterocycles. The van der Waals surface area contributed by atoms with E-state index in [2.05, 4.69) is 19.1 Å². The van der Waals surface area contributed by atoms with Crippen LogP contribution < -0.4 is 0 Å². The van der Waals surface area contributed by atoms with Gasteiger partial charge in [-0.15, -0.1) is 0 Å². The molecule has 0 unspecified atom stereocenters. The highest BCUT2D eigenvalue weighted by molar-refractivity contribution is 6.32. The van der Waals surface area contributed by atoms with Crippen molar-refractivity contribution in [1.29, 1.82) is 0 Å². The van der Waals surface area contributed by atoms with E-state index in [1.54, 1.807) is 31.4 Å². The molecule has 2 heterocycles. The standard InChI is InChI=1S/C28H33ClN2O4/c1-20-9-3-4-11-22(20)21-10-7-14-30(19-21)25(32)17-28(23-12-5-6-13-24(23)29)18-26(33)31(27(28)34)15-8-16-35-2/h3-6,9,11-13,21H,7-8,10,14-19H2,1-2H3/t21-,28-/m0/s1. The fourth-order valence-electron chi connectivity index (χ4n) is 5.56. The number of hydrogen-bond acceptors (Lipinski definition) is 4. The van der Waals surface area contributed by atoms with Crippen molar-refractivity contribution in [1.82, 2.24) is 9.80 Å². The number of likely N-dealkylation sites (tertiary alicyclic amines) is 2. The number of aryl methyl sites for hydroxylation is 1. The maximum absolute atomic E-state index is 13.8. The van der Waals surface area contributed by atoms with Gasteiger partial charge in [0, 0.05) is 57.1 Å². The van der Waals surface area contributed by atoms with E-state index in [0.29, 0.717) is 36.7 Å². The minimum atomic E-state index is -1.28. The highest BCUT2D eigenvalue weighted by Gasteiger charge is 2.54. The Kier molecular flexibility index (Phi) is 7.92. The van der Waals surface area contributed by atoms with Crippen molar-refractivity contribution in [3.63, 3.8) is 0 Å². The normalized spacial score (nSPS) is 22.7. The summed E-state index contributed by atoms with van der Waals surface area (Å²) in [6.07, 6.45) is 2.35. The van der Waals surface area contributed by atoms with Crippen LogP contribution in [0.2, 0.25) is 5.02 Å². The van der Waals surface area contributed by atoms with Crippen LogP contribution in [-0.2, 0) is 24.5 Å². The average Bonchev–Trinajstić information content (AvgIpc) is 3.09. The van der Waals surface area contributed by atoms with Gasteiger partial charge in [-0.1, -0.05) is 54.1 Å². The molecule has 2 aromatic rings. The number of nitrogens with zero attached hydrogens (tertiary/aromatic N) is 2. The molecule has 0 spiro atoms. The molecule has 0 bridgehead atoms. The van der Waals surface area contributed by atoms with Crippen molar-refractivity contribution in [3.8, 4) is 0 Å². The van der Waals surface area contributed by atoms with E-state index >= 15 is 0 Å². The number of carbonyl (C=O) groups is 3. The summed E-state index contributed by atoms with van der Waals surface area (Å²) in [6, 6.07) is 15.4. The van der Waals surface area contributed by atoms with Crippen LogP contribution in [0.5, 0.6) is 0 Å². The molecule has 3 amide bonds. The number of benzene rings is 2. The molecule has 0 saturated carbocycles. The number of imide groups is 1. The fraction of sp³-hybridized carbons (Fsp3) is 0.464. The lowest BCUT2D eigenvalue weighted by Crippen LogP contribution is -2.46. The zero-order chi connectivity index (χ0) is 25.0. The lowest BCUT2D eigenvalue weighted by molar-refractivity contribution is -0.143. The van der Waals surface area contributed by atoms with Crippen molar-refractivity contribution in [3.05, 3.63) is 70.2 Å². The van der Waals surface area contributed by atoms with Gasteiger partial charge in [-0.25, -0.2) is 0 Å². The number of hydrogen-bond donors (Lipinski definition) is 0. The van der Waals surface area contributed by atoms with Crippen molar-refractivity contribution in [2.45, 2.75) is 50.4 Å². The number of rotatable bonds is 8. The molecule has 186 valence electrons. The highest BCUT2D eigenvalue weighted by Crippen LogP contribution is 2.43. The molecule has 2 aliphatic rings. The smallest absolute Gasteiger partial charge is 0.240 e. The summed E-state index contributed by atoms with van der Waals surface area (Å²) in [5.74, 6) is -0.456. The number of amides is 3. The van der Waals surface area contributed by atoms with Crippen molar-refractivity contribution >= 4 is 29.3 Å². The molecule has 2 aliphatic heterocycles. The maximum atomic E-state index is 13.8. The third-order valence-electron chi connectivity index (χ3n) is 7.38. The van der Waals surface area contributed by atoms with Gasteiger partial charge in [0.05, 0.1) is 5.41 Å². The highest BCUT2D eigenvalue weighted by atomic mass is 35.5. The zero-order valence-electron chi connectivity index (χ0n) is 20.5. The predicted octanol–water partition coefficient (Wildman–Crippen LogP) is 4.48. The van der Waals surface area contributed by atoms with Crippen molar-refractivity contribution in [2.24, 2.45) is 0 Å². The lowest BCUT2D eigenvalue weighted by Gasteiger charge is -2.36. The van der Waals surface area contributed by atoms with Gasteiger partial charge in [0.25, 0.3) is 0 Å². The Hall–Kier alpha value is -2.70. The van der Waals surface area contributed by atoms with Crippen LogP contribution in [0.4, 0.5) is 0 Å². The molecule has 0 aliphatic carbocycles. The number of carbonyl (C=O) groups excluding carboxylic acids is 3. The molecule has 2 fully saturated rings. The first-order valence-corrected chi connectivity index (χ1v) is 12.7. The van der Waals surface area contributed by atoms with E-state index in [1.807, 2.05) is 17.0 Å². The quantitative estimate of drug-likeness (QED) is 0.399. The summed E-state index contributed by atoms with van der Waals surface area (Å²) in [5, 5.41) is 0.400. The van der Waals surface area contributed by atoms with Gasteiger partial charge < -0.3 is 9.64 Å². The van der Waals surface area contributed by atoms with E-state index in [4.69, 9.17) is 16.3 Å². The maximum Gasteiger partial charge on any atom is 0.240 e. The summed E-state index contributed by atoms with van der Waals surface area (Å²) in [5.41, 5.74) is 1.76. The minimum Gasteiger partial charge on any atom is -0.385 e. The van der Waals surface area contributed by atoms with Gasteiger partial charge in [-0.2, -0.15) is 0 Å². The summed E-state index contributed by atoms with van der Waals surface area (Å²) in [4.78, 5) is 43.6. The van der Waals surface area contributed by atoms with E-state index < -0.39 is 5.41 Å². The largest absolute Gasteiger partial charge is 0.385 e. The Balaban J connectivity index is 1.60. The number of ether oxygens (including phenoxy) is 1. The third kappa shape index (κ3) is 5.14. The minimum absolute atomic E-state index is 0.0522. The summed E-state index contributed by atoms with van der Waals surface area (Å²) >= 11 is 6.54. The van der Waals surface area contributed by atoms with Gasteiger partial charge in [-0.05, 0) is 48.9 Å². The zero-order valence-corrected chi connectivity index (χ0v) is 21.2. The van der Waals surface area contributed by atoms with Gasteiger partial charge in [0.1, 0.15) is 0 Å². The Labute approximate surface area is 212 Å². The molecule has 0 radical (unpaired) electrons. The topological polar surface area (TPSA) is 66.9 Å². The molecule has 2 aromatic carbocycles. The third-order valence-corrected chi connectivity index (χ3v) is 7.71. The Bertz CT molecular complexity index is 1100. The van der Waals surface area contributed by atoms with Crippen LogP contribution in [-0.4, -0.2) is 60.9 Å². The lowest BCUT2D eigenvalue weighted by atomic mass is 9.75. The molecule has 6 nitrogen and oxygen atoms in total. The van der Waals surface area contributed by atoms with Crippen LogP contribution in [0.25, 0.3) is 0 Å². The number of piperidine rings is 1. The molecule has 2 atom stereocenters. The second-order valence-electron chi connectivity index (χ2n) is 9.65. The van der Waals surface area contributed by atoms with Gasteiger partial charge >= 0.3 is 0 Å². The van der Waals surface area contributed by atoms with E-state index in [-0.39, 0.29) is 43.0 Å². The van der Waals surface area contributed by atoms with Crippen molar-refractivity contribution < 1.29 is 19.1 Å². The van der Waals surface area contributed by atoms with Crippen LogP contribution >= 0.6 is 11.6 Å². The molecule has 4 rings (SSSR count). The Morgan fingerprint density at radius 2 is 1.89 bits per heavy atom. The first-order chi connectivity index (χ1) is 16.9. The molecule has 0 N–H and O–H groups in total. The number of halogens is 1. The number of methoxy groups -OCH3 is 1. The first kappa shape index (κ1) is 25.4.